The average Bonchev–Trinajstić information content (AvgIpc) is 2.90. The third kappa shape index (κ3) is 2.02. The highest BCUT2D eigenvalue weighted by Gasteiger charge is 2.05. The smallest absolute Gasteiger partial charge is 0.150 e. The summed E-state index contributed by atoms with van der Waals surface area (Å²) in [6.07, 6.45) is 2.59. The molecule has 4 heteroatoms. The molecule has 1 aromatic heterocycles. The van der Waals surface area contributed by atoms with Gasteiger partial charge in [-0.1, -0.05) is 12.1 Å². The van der Waals surface area contributed by atoms with Crippen LogP contribution in [0.5, 0.6) is 0 Å². The molecule has 0 fully saturated rings. The van der Waals surface area contributed by atoms with E-state index in [1.807, 2.05) is 34.9 Å². The molecule has 0 aliphatic rings. The summed E-state index contributed by atoms with van der Waals surface area (Å²) in [6, 6.07) is 13.5. The molecule has 3 aromatic rings. The van der Waals surface area contributed by atoms with Gasteiger partial charge in [-0.05, 0) is 35.9 Å². The molecule has 0 aliphatic heterocycles. The van der Waals surface area contributed by atoms with Gasteiger partial charge in [0.25, 0.3) is 0 Å². The van der Waals surface area contributed by atoms with Crippen LogP contribution in [0, 0.1) is 0 Å². The number of hydrogen-bond donors (Lipinski definition) is 1. The zero-order chi connectivity index (χ0) is 13.2. The summed E-state index contributed by atoms with van der Waals surface area (Å²) < 4.78 is 1.99. The molecule has 0 spiro atoms. The molecule has 0 unspecified atom stereocenters. The first kappa shape index (κ1) is 11.6. The van der Waals surface area contributed by atoms with Gasteiger partial charge >= 0.3 is 0 Å². The lowest BCUT2D eigenvalue weighted by Crippen LogP contribution is -1.97. The highest BCUT2D eigenvalue weighted by Crippen LogP contribution is 2.19. The van der Waals surface area contributed by atoms with Crippen molar-refractivity contribution in [1.82, 2.24) is 9.55 Å². The summed E-state index contributed by atoms with van der Waals surface area (Å²) in [5.74, 6) is 0. The number of rotatable bonds is 3. The molecule has 19 heavy (non-hydrogen) atoms. The van der Waals surface area contributed by atoms with Crippen LogP contribution in [0.25, 0.3) is 16.7 Å². The van der Waals surface area contributed by atoms with E-state index < -0.39 is 0 Å². The van der Waals surface area contributed by atoms with E-state index in [1.165, 1.54) is 0 Å². The van der Waals surface area contributed by atoms with Gasteiger partial charge in [0.15, 0.2) is 0 Å². The summed E-state index contributed by atoms with van der Waals surface area (Å²) in [7, 11) is 0. The van der Waals surface area contributed by atoms with Crippen molar-refractivity contribution in [2.75, 3.05) is 0 Å². The third-order valence-corrected chi connectivity index (χ3v) is 3.16. The minimum Gasteiger partial charge on any atom is -0.326 e. The van der Waals surface area contributed by atoms with Crippen LogP contribution in [0.1, 0.15) is 15.9 Å². The molecular formula is C15H13N3O. The topological polar surface area (TPSA) is 60.9 Å². The molecule has 94 valence electrons. The number of carbonyl (C=O) groups excluding carboxylic acids is 1. The fraction of sp³-hybridized carbons (Fsp3) is 0.0667. The Labute approximate surface area is 110 Å². The van der Waals surface area contributed by atoms with Gasteiger partial charge in [0.1, 0.15) is 12.6 Å². The van der Waals surface area contributed by atoms with Gasteiger partial charge in [0.2, 0.25) is 0 Å². The summed E-state index contributed by atoms with van der Waals surface area (Å²) in [6.45, 7) is 0.535. The molecule has 0 saturated carbocycles. The van der Waals surface area contributed by atoms with Crippen molar-refractivity contribution in [3.05, 3.63) is 59.9 Å². The number of fused-ring (bicyclic) bond motifs is 1. The van der Waals surface area contributed by atoms with Gasteiger partial charge in [-0.15, -0.1) is 0 Å². The van der Waals surface area contributed by atoms with Gasteiger partial charge in [-0.25, -0.2) is 4.98 Å². The van der Waals surface area contributed by atoms with E-state index in [0.29, 0.717) is 12.1 Å². The predicted molar refractivity (Wildman–Crippen MR) is 74.3 cm³/mol. The minimum atomic E-state index is 0.535. The number of benzene rings is 2. The number of imidazole rings is 1. The Morgan fingerprint density at radius 2 is 1.95 bits per heavy atom. The number of aldehydes is 1. The monoisotopic (exact) mass is 251 g/mol. The van der Waals surface area contributed by atoms with Crippen molar-refractivity contribution in [3.63, 3.8) is 0 Å². The number of hydrogen-bond acceptors (Lipinski definition) is 3. The molecule has 3 rings (SSSR count). The Bertz CT molecular complexity index is 729. The molecule has 2 N–H and O–H groups in total. The summed E-state index contributed by atoms with van der Waals surface area (Å²) >= 11 is 0. The largest absolute Gasteiger partial charge is 0.326 e. The van der Waals surface area contributed by atoms with Gasteiger partial charge in [0, 0.05) is 17.8 Å². The Kier molecular flexibility index (Phi) is 2.85. The van der Waals surface area contributed by atoms with Crippen molar-refractivity contribution in [3.8, 4) is 5.69 Å². The summed E-state index contributed by atoms with van der Waals surface area (Å²) in [4.78, 5) is 15.1. The fourth-order valence-electron chi connectivity index (χ4n) is 2.10. The van der Waals surface area contributed by atoms with Crippen molar-refractivity contribution in [1.29, 1.82) is 0 Å². The van der Waals surface area contributed by atoms with E-state index in [4.69, 9.17) is 5.73 Å². The van der Waals surface area contributed by atoms with E-state index in [2.05, 4.69) is 4.98 Å². The van der Waals surface area contributed by atoms with Gasteiger partial charge in [0.05, 0.1) is 11.0 Å². The molecule has 4 nitrogen and oxygen atoms in total. The molecule has 1 heterocycles. The van der Waals surface area contributed by atoms with E-state index in [-0.39, 0.29) is 0 Å². The first-order valence-electron chi connectivity index (χ1n) is 6.03. The second-order valence-electron chi connectivity index (χ2n) is 4.35. The van der Waals surface area contributed by atoms with Crippen LogP contribution in [0.3, 0.4) is 0 Å². The van der Waals surface area contributed by atoms with E-state index in [9.17, 15) is 4.79 Å². The molecule has 0 bridgehead atoms. The zero-order valence-electron chi connectivity index (χ0n) is 10.3. The average molecular weight is 251 g/mol. The van der Waals surface area contributed by atoms with Crippen LogP contribution < -0.4 is 5.73 Å². The summed E-state index contributed by atoms with van der Waals surface area (Å²) in [5, 5.41) is 0. The quantitative estimate of drug-likeness (QED) is 0.726. The first-order valence-corrected chi connectivity index (χ1v) is 6.03. The first-order chi connectivity index (χ1) is 9.31. The van der Waals surface area contributed by atoms with Crippen LogP contribution in [0.15, 0.2) is 48.8 Å². The number of aromatic nitrogens is 2. The van der Waals surface area contributed by atoms with Crippen LogP contribution in [0.2, 0.25) is 0 Å². The highest BCUT2D eigenvalue weighted by molar-refractivity contribution is 5.85. The molecular weight excluding hydrogens is 238 g/mol. The lowest BCUT2D eigenvalue weighted by Gasteiger charge is -2.05. The van der Waals surface area contributed by atoms with Gasteiger partial charge < -0.3 is 5.73 Å². The molecule has 0 radical (unpaired) electrons. The highest BCUT2D eigenvalue weighted by atomic mass is 16.1. The Morgan fingerprint density at radius 1 is 1.16 bits per heavy atom. The maximum Gasteiger partial charge on any atom is 0.150 e. The molecule has 0 saturated heterocycles. The second-order valence-corrected chi connectivity index (χ2v) is 4.35. The van der Waals surface area contributed by atoms with Crippen LogP contribution in [-0.4, -0.2) is 15.8 Å². The van der Waals surface area contributed by atoms with Gasteiger partial charge in [-0.2, -0.15) is 0 Å². The number of carbonyl (C=O) groups is 1. The van der Waals surface area contributed by atoms with Crippen molar-refractivity contribution in [2.45, 2.75) is 6.54 Å². The minimum absolute atomic E-state index is 0.535. The van der Waals surface area contributed by atoms with Crippen molar-refractivity contribution < 1.29 is 4.79 Å². The third-order valence-electron chi connectivity index (χ3n) is 3.16. The van der Waals surface area contributed by atoms with Crippen molar-refractivity contribution >= 4 is 17.3 Å². The Balaban J connectivity index is 2.11. The lowest BCUT2D eigenvalue weighted by molar-refractivity contribution is 0.112. The predicted octanol–water partition coefficient (Wildman–Crippen LogP) is 2.30. The fourth-order valence-corrected chi connectivity index (χ4v) is 2.10. The molecule has 0 aliphatic carbocycles. The van der Waals surface area contributed by atoms with E-state index >= 15 is 0 Å². The van der Waals surface area contributed by atoms with Crippen molar-refractivity contribution in [2.24, 2.45) is 5.73 Å². The Morgan fingerprint density at radius 3 is 2.63 bits per heavy atom. The molecule has 0 atom stereocenters. The number of nitrogens with two attached hydrogens (primary N) is 1. The maximum atomic E-state index is 10.8. The van der Waals surface area contributed by atoms with Crippen LogP contribution in [-0.2, 0) is 6.54 Å². The summed E-state index contributed by atoms with van der Waals surface area (Å²) in [5.41, 5.74) is 10.1. The van der Waals surface area contributed by atoms with E-state index in [0.717, 1.165) is 28.6 Å². The normalized spacial score (nSPS) is 10.8. The van der Waals surface area contributed by atoms with Gasteiger partial charge in [-0.3, -0.25) is 9.36 Å². The number of nitrogens with zero attached hydrogens (tertiary/aromatic N) is 2. The zero-order valence-corrected chi connectivity index (χ0v) is 10.3. The molecule has 0 amide bonds. The second kappa shape index (κ2) is 4.66. The maximum absolute atomic E-state index is 10.8. The lowest BCUT2D eigenvalue weighted by atomic mass is 10.2. The molecule has 2 aromatic carbocycles. The van der Waals surface area contributed by atoms with E-state index in [1.54, 1.807) is 18.5 Å². The standard InChI is InChI=1S/C15H13N3O/c16-8-11-1-4-13(5-2-11)18-10-17-14-7-12(9-19)3-6-15(14)18/h1-7,9-10H,8,16H2. The SMILES string of the molecule is NCc1ccc(-n2cnc3cc(C=O)ccc32)cc1. The Hall–Kier alpha value is -2.46. The van der Waals surface area contributed by atoms with Crippen LogP contribution >= 0.6 is 0 Å². The van der Waals surface area contributed by atoms with Crippen LogP contribution in [0.4, 0.5) is 0 Å².